The molecule has 4 rings (SSSR count). The molecule has 0 saturated heterocycles. The summed E-state index contributed by atoms with van der Waals surface area (Å²) >= 11 is 6.07. The van der Waals surface area contributed by atoms with E-state index in [4.69, 9.17) is 17.0 Å². The summed E-state index contributed by atoms with van der Waals surface area (Å²) in [6.07, 6.45) is 0.520. The van der Waals surface area contributed by atoms with E-state index in [2.05, 4.69) is 23.9 Å². The fourth-order valence-electron chi connectivity index (χ4n) is 4.95. The lowest BCUT2D eigenvalue weighted by atomic mass is 9.96. The standard InChI is InChI=1S/C20H22ClF4N5/c1-19(2)13-5-10(6-14(13)19)30(4-3-11-15(21)8-27-9-16(11)22)18(26)12-7-28-29-17(12)20(23,24)25/h7-10,13-14,26H,3-6H2,1-2H3,(H,28,29)/t10?,13-,14+. The molecule has 0 aliphatic heterocycles. The average molecular weight is 444 g/mol. The third-order valence-corrected chi connectivity index (χ3v) is 7.13. The van der Waals surface area contributed by atoms with E-state index in [0.29, 0.717) is 11.8 Å². The highest BCUT2D eigenvalue weighted by Crippen LogP contribution is 2.67. The molecule has 2 saturated carbocycles. The molecule has 0 radical (unpaired) electrons. The minimum atomic E-state index is -4.65. The summed E-state index contributed by atoms with van der Waals surface area (Å²) in [6, 6.07) is -0.0832. The predicted molar refractivity (Wildman–Crippen MR) is 104 cm³/mol. The second kappa shape index (κ2) is 7.21. The lowest BCUT2D eigenvalue weighted by Crippen LogP contribution is -2.42. The van der Waals surface area contributed by atoms with Crippen LogP contribution in [0.15, 0.2) is 18.6 Å². The normalized spacial score (nSPS) is 24.6. The molecule has 10 heteroatoms. The van der Waals surface area contributed by atoms with E-state index in [9.17, 15) is 17.6 Å². The SMILES string of the molecule is CC1(C)[C@@H]2CC(N(CCc3c(F)cncc3Cl)C(=N)c3cn[nH]c3C(F)(F)F)C[C@@H]21. The van der Waals surface area contributed by atoms with Gasteiger partial charge in [-0.2, -0.15) is 18.3 Å². The van der Waals surface area contributed by atoms with Gasteiger partial charge < -0.3 is 4.90 Å². The number of hydrogen-bond donors (Lipinski definition) is 2. The maximum absolute atomic E-state index is 14.2. The van der Waals surface area contributed by atoms with E-state index >= 15 is 0 Å². The lowest BCUT2D eigenvalue weighted by Gasteiger charge is -2.34. The highest BCUT2D eigenvalue weighted by Gasteiger charge is 2.62. The van der Waals surface area contributed by atoms with Crippen LogP contribution in [0.2, 0.25) is 5.02 Å². The van der Waals surface area contributed by atoms with Crippen LogP contribution in [0.3, 0.4) is 0 Å². The molecule has 2 aliphatic rings. The van der Waals surface area contributed by atoms with Gasteiger partial charge in [-0.25, -0.2) is 4.39 Å². The molecule has 162 valence electrons. The van der Waals surface area contributed by atoms with Crippen molar-refractivity contribution >= 4 is 17.4 Å². The van der Waals surface area contributed by atoms with Gasteiger partial charge >= 0.3 is 6.18 Å². The van der Waals surface area contributed by atoms with E-state index in [1.165, 1.54) is 6.20 Å². The molecule has 2 aliphatic carbocycles. The Labute approximate surface area is 176 Å². The summed E-state index contributed by atoms with van der Waals surface area (Å²) in [5, 5.41) is 14.2. The summed E-state index contributed by atoms with van der Waals surface area (Å²) in [4.78, 5) is 5.35. The first-order chi connectivity index (χ1) is 14.0. The Morgan fingerprint density at radius 1 is 1.27 bits per heavy atom. The highest BCUT2D eigenvalue weighted by molar-refractivity contribution is 6.31. The maximum Gasteiger partial charge on any atom is 0.433 e. The van der Waals surface area contributed by atoms with Crippen molar-refractivity contribution in [3.05, 3.63) is 46.3 Å². The van der Waals surface area contributed by atoms with Crippen LogP contribution in [0.4, 0.5) is 17.6 Å². The first-order valence-corrected chi connectivity index (χ1v) is 10.1. The molecule has 2 aromatic heterocycles. The number of amidine groups is 1. The van der Waals surface area contributed by atoms with Gasteiger partial charge in [0.25, 0.3) is 0 Å². The number of halogens is 5. The van der Waals surface area contributed by atoms with Crippen molar-refractivity contribution in [3.63, 3.8) is 0 Å². The number of nitrogens with zero attached hydrogens (tertiary/aromatic N) is 3. The highest BCUT2D eigenvalue weighted by atomic mass is 35.5. The van der Waals surface area contributed by atoms with Gasteiger partial charge in [0, 0.05) is 24.3 Å². The first kappa shape index (κ1) is 21.1. The van der Waals surface area contributed by atoms with Crippen LogP contribution in [-0.4, -0.2) is 38.5 Å². The molecule has 3 atom stereocenters. The van der Waals surface area contributed by atoms with Crippen molar-refractivity contribution in [2.24, 2.45) is 17.3 Å². The van der Waals surface area contributed by atoms with Crippen LogP contribution in [0.5, 0.6) is 0 Å². The zero-order valence-corrected chi connectivity index (χ0v) is 17.3. The Morgan fingerprint density at radius 3 is 2.53 bits per heavy atom. The van der Waals surface area contributed by atoms with E-state index < -0.39 is 17.7 Å². The lowest BCUT2D eigenvalue weighted by molar-refractivity contribution is -0.141. The third kappa shape index (κ3) is 3.57. The van der Waals surface area contributed by atoms with Crippen LogP contribution in [0.1, 0.15) is 43.5 Å². The number of H-pyrrole nitrogens is 1. The summed E-state index contributed by atoms with van der Waals surface area (Å²) < 4.78 is 54.2. The molecular weight excluding hydrogens is 422 g/mol. The molecule has 0 amide bonds. The summed E-state index contributed by atoms with van der Waals surface area (Å²) in [7, 11) is 0. The van der Waals surface area contributed by atoms with Crippen molar-refractivity contribution in [2.75, 3.05) is 6.54 Å². The molecule has 2 heterocycles. The van der Waals surface area contributed by atoms with Gasteiger partial charge in [0.1, 0.15) is 11.7 Å². The molecule has 2 aromatic rings. The molecular formula is C20H22ClF4N5. The van der Waals surface area contributed by atoms with E-state index in [1.807, 2.05) is 5.10 Å². The van der Waals surface area contributed by atoms with Crippen molar-refractivity contribution in [1.29, 1.82) is 5.41 Å². The Balaban J connectivity index is 1.60. The number of hydrogen-bond acceptors (Lipinski definition) is 3. The number of alkyl halides is 3. The zero-order valence-electron chi connectivity index (χ0n) is 16.5. The summed E-state index contributed by atoms with van der Waals surface area (Å²) in [6.45, 7) is 4.56. The van der Waals surface area contributed by atoms with Crippen molar-refractivity contribution in [2.45, 2.75) is 45.3 Å². The Bertz CT molecular complexity index is 936. The number of pyridine rings is 1. The second-order valence-corrected chi connectivity index (χ2v) is 9.10. The van der Waals surface area contributed by atoms with Gasteiger partial charge in [-0.1, -0.05) is 25.4 Å². The van der Waals surface area contributed by atoms with Crippen molar-refractivity contribution in [1.82, 2.24) is 20.1 Å². The van der Waals surface area contributed by atoms with E-state index in [-0.39, 0.29) is 46.4 Å². The van der Waals surface area contributed by atoms with Crippen molar-refractivity contribution < 1.29 is 17.6 Å². The molecule has 2 fully saturated rings. The van der Waals surface area contributed by atoms with Crippen molar-refractivity contribution in [3.8, 4) is 0 Å². The van der Waals surface area contributed by atoms with Crippen LogP contribution in [0, 0.1) is 28.5 Å². The van der Waals surface area contributed by atoms with Crippen LogP contribution in [0.25, 0.3) is 0 Å². The molecule has 2 N–H and O–H groups in total. The minimum Gasteiger partial charge on any atom is -0.353 e. The van der Waals surface area contributed by atoms with Gasteiger partial charge in [-0.05, 0) is 36.5 Å². The molecule has 0 bridgehead atoms. The molecule has 5 nitrogen and oxygen atoms in total. The second-order valence-electron chi connectivity index (χ2n) is 8.69. The maximum atomic E-state index is 14.2. The Morgan fingerprint density at radius 2 is 1.93 bits per heavy atom. The molecule has 1 unspecified atom stereocenters. The van der Waals surface area contributed by atoms with Crippen LogP contribution < -0.4 is 0 Å². The average Bonchev–Trinajstić information content (AvgIpc) is 3.13. The molecule has 0 spiro atoms. The monoisotopic (exact) mass is 443 g/mol. The first-order valence-electron chi connectivity index (χ1n) is 9.75. The van der Waals surface area contributed by atoms with E-state index in [0.717, 1.165) is 25.2 Å². The number of fused-ring (bicyclic) bond motifs is 1. The number of aromatic nitrogens is 3. The number of rotatable bonds is 5. The third-order valence-electron chi connectivity index (χ3n) is 6.80. The number of nitrogens with one attached hydrogen (secondary N) is 2. The zero-order chi connectivity index (χ0) is 21.8. The predicted octanol–water partition coefficient (Wildman–Crippen LogP) is 4.92. The van der Waals surface area contributed by atoms with Gasteiger partial charge in [0.05, 0.1) is 23.0 Å². The molecule has 0 aromatic carbocycles. The Hall–Kier alpha value is -2.16. The summed E-state index contributed by atoms with van der Waals surface area (Å²) in [5.41, 5.74) is -0.869. The Kier molecular flexibility index (Phi) is 5.07. The van der Waals surface area contributed by atoms with E-state index in [1.54, 1.807) is 4.90 Å². The van der Waals surface area contributed by atoms with Crippen LogP contribution in [-0.2, 0) is 12.6 Å². The smallest absolute Gasteiger partial charge is 0.353 e. The topological polar surface area (TPSA) is 68.7 Å². The molecule has 30 heavy (non-hydrogen) atoms. The quantitative estimate of drug-likeness (QED) is 0.391. The largest absolute Gasteiger partial charge is 0.433 e. The van der Waals surface area contributed by atoms with Gasteiger partial charge in [0.2, 0.25) is 0 Å². The summed E-state index contributed by atoms with van der Waals surface area (Å²) in [5.74, 6) is 0.158. The fraction of sp³-hybridized carbons (Fsp3) is 0.550. The number of aromatic amines is 1. The minimum absolute atomic E-state index is 0.0832. The van der Waals surface area contributed by atoms with Gasteiger partial charge in [-0.3, -0.25) is 15.5 Å². The van der Waals surface area contributed by atoms with Gasteiger partial charge in [-0.15, -0.1) is 0 Å². The fourth-order valence-corrected chi connectivity index (χ4v) is 5.19. The van der Waals surface area contributed by atoms with Gasteiger partial charge in [0.15, 0.2) is 5.69 Å². The van der Waals surface area contributed by atoms with Crippen LogP contribution >= 0.6 is 11.6 Å².